The summed E-state index contributed by atoms with van der Waals surface area (Å²) in [5.74, 6) is -1.12. The third-order valence-electron chi connectivity index (χ3n) is 2.88. The largest absolute Gasteiger partial charge is 0.478 e. The number of benzene rings is 2. The molecular formula is C16H16ClNO4. The van der Waals surface area contributed by atoms with Crippen LogP contribution >= 0.6 is 12.4 Å². The van der Waals surface area contributed by atoms with Crippen molar-refractivity contribution in [2.75, 3.05) is 13.6 Å². The van der Waals surface area contributed by atoms with Gasteiger partial charge in [-0.2, -0.15) is 0 Å². The molecule has 0 bridgehead atoms. The summed E-state index contributed by atoms with van der Waals surface area (Å²) in [4.78, 5) is 22.9. The molecule has 0 amide bonds. The second-order valence-corrected chi connectivity index (χ2v) is 4.35. The average Bonchev–Trinajstić information content (AvgIpc) is 2.48. The van der Waals surface area contributed by atoms with Gasteiger partial charge < -0.3 is 15.2 Å². The van der Waals surface area contributed by atoms with Gasteiger partial charge in [0.2, 0.25) is 0 Å². The number of esters is 1. The van der Waals surface area contributed by atoms with Crippen molar-refractivity contribution in [3.05, 3.63) is 54.1 Å². The van der Waals surface area contributed by atoms with Gasteiger partial charge in [0.15, 0.2) is 0 Å². The molecule has 0 radical (unpaired) electrons. The van der Waals surface area contributed by atoms with Crippen molar-refractivity contribution >= 4 is 24.3 Å². The van der Waals surface area contributed by atoms with Crippen molar-refractivity contribution in [1.29, 1.82) is 0 Å². The standard InChI is InChI=1S/C16H15NO4.ClH/c1-17-10-15(18)21-14-9-5-4-7-12(14)11-6-2-3-8-13(11)16(19)20;/h2-9,17H,10H2,1H3,(H,19,20);1H. The van der Waals surface area contributed by atoms with Crippen molar-refractivity contribution in [1.82, 2.24) is 5.32 Å². The van der Waals surface area contributed by atoms with Crippen LogP contribution in [-0.4, -0.2) is 30.6 Å². The Labute approximate surface area is 134 Å². The highest BCUT2D eigenvalue weighted by Crippen LogP contribution is 2.32. The van der Waals surface area contributed by atoms with Gasteiger partial charge in [-0.15, -0.1) is 12.4 Å². The summed E-state index contributed by atoms with van der Waals surface area (Å²) < 4.78 is 5.28. The molecule has 2 N–H and O–H groups in total. The number of halogens is 1. The maximum atomic E-state index is 11.6. The number of ether oxygens (including phenoxy) is 1. The third kappa shape index (κ3) is 4.07. The van der Waals surface area contributed by atoms with E-state index in [0.29, 0.717) is 16.9 Å². The molecule has 22 heavy (non-hydrogen) atoms. The van der Waals surface area contributed by atoms with E-state index in [2.05, 4.69) is 5.32 Å². The fourth-order valence-electron chi connectivity index (χ4n) is 1.99. The lowest BCUT2D eigenvalue weighted by atomic mass is 9.99. The number of hydrogen-bond donors (Lipinski definition) is 2. The van der Waals surface area contributed by atoms with E-state index in [1.54, 1.807) is 49.5 Å². The second-order valence-electron chi connectivity index (χ2n) is 4.35. The molecule has 0 spiro atoms. The van der Waals surface area contributed by atoms with Gasteiger partial charge in [-0.25, -0.2) is 4.79 Å². The Morgan fingerprint density at radius 1 is 1.05 bits per heavy atom. The monoisotopic (exact) mass is 321 g/mol. The molecule has 0 atom stereocenters. The van der Waals surface area contributed by atoms with Crippen LogP contribution in [0.2, 0.25) is 0 Å². The Morgan fingerprint density at radius 3 is 2.27 bits per heavy atom. The van der Waals surface area contributed by atoms with Crippen LogP contribution in [-0.2, 0) is 4.79 Å². The molecule has 2 aromatic carbocycles. The number of hydrogen-bond acceptors (Lipinski definition) is 4. The van der Waals surface area contributed by atoms with Crippen LogP contribution in [0.1, 0.15) is 10.4 Å². The van der Waals surface area contributed by atoms with Crippen LogP contribution in [0, 0.1) is 0 Å². The Morgan fingerprint density at radius 2 is 1.64 bits per heavy atom. The van der Waals surface area contributed by atoms with Gasteiger partial charge in [0.1, 0.15) is 5.75 Å². The van der Waals surface area contributed by atoms with Gasteiger partial charge in [0.25, 0.3) is 0 Å². The number of nitrogens with one attached hydrogen (secondary N) is 1. The lowest BCUT2D eigenvalue weighted by Crippen LogP contribution is -2.23. The van der Waals surface area contributed by atoms with Gasteiger partial charge >= 0.3 is 11.9 Å². The zero-order valence-corrected chi connectivity index (χ0v) is 12.7. The number of carbonyl (C=O) groups excluding carboxylic acids is 1. The highest BCUT2D eigenvalue weighted by Gasteiger charge is 2.15. The quantitative estimate of drug-likeness (QED) is 0.654. The first kappa shape index (κ1) is 17.7. The highest BCUT2D eigenvalue weighted by atomic mass is 35.5. The predicted octanol–water partition coefficient (Wildman–Crippen LogP) is 2.60. The lowest BCUT2D eigenvalue weighted by molar-refractivity contribution is -0.133. The van der Waals surface area contributed by atoms with Crippen LogP contribution in [0.5, 0.6) is 5.75 Å². The predicted molar refractivity (Wildman–Crippen MR) is 85.6 cm³/mol. The molecule has 0 aromatic heterocycles. The van der Waals surface area contributed by atoms with Crippen molar-refractivity contribution in [3.8, 4) is 16.9 Å². The summed E-state index contributed by atoms with van der Waals surface area (Å²) in [5.41, 5.74) is 1.24. The number of carbonyl (C=O) groups is 2. The van der Waals surface area contributed by atoms with Crippen LogP contribution in [0.25, 0.3) is 11.1 Å². The molecule has 0 aliphatic heterocycles. The molecule has 2 aromatic rings. The average molecular weight is 322 g/mol. The summed E-state index contributed by atoms with van der Waals surface area (Å²) >= 11 is 0. The molecule has 116 valence electrons. The zero-order valence-electron chi connectivity index (χ0n) is 11.9. The second kappa shape index (κ2) is 8.17. The summed E-state index contributed by atoms with van der Waals surface area (Å²) in [6, 6.07) is 13.5. The molecule has 6 heteroatoms. The molecular weight excluding hydrogens is 306 g/mol. The van der Waals surface area contributed by atoms with Gasteiger partial charge in [0, 0.05) is 5.56 Å². The molecule has 5 nitrogen and oxygen atoms in total. The SMILES string of the molecule is CNCC(=O)Oc1ccccc1-c1ccccc1C(=O)O.Cl. The van der Waals surface area contributed by atoms with E-state index in [0.717, 1.165) is 0 Å². The first-order valence-corrected chi connectivity index (χ1v) is 6.40. The van der Waals surface area contributed by atoms with E-state index in [4.69, 9.17) is 4.74 Å². The molecule has 0 saturated heterocycles. The summed E-state index contributed by atoms with van der Waals surface area (Å²) in [6.45, 7) is 0.0783. The maximum Gasteiger partial charge on any atom is 0.336 e. The first-order valence-electron chi connectivity index (χ1n) is 6.40. The van der Waals surface area contributed by atoms with Crippen molar-refractivity contribution in [3.63, 3.8) is 0 Å². The Balaban J connectivity index is 0.00000242. The van der Waals surface area contributed by atoms with Crippen LogP contribution in [0.15, 0.2) is 48.5 Å². The van der Waals surface area contributed by atoms with E-state index in [9.17, 15) is 14.7 Å². The number of rotatable bonds is 5. The van der Waals surface area contributed by atoms with E-state index in [-0.39, 0.29) is 24.5 Å². The van der Waals surface area contributed by atoms with Gasteiger partial charge in [-0.3, -0.25) is 4.79 Å². The summed E-state index contributed by atoms with van der Waals surface area (Å²) in [6.07, 6.45) is 0. The van der Waals surface area contributed by atoms with E-state index < -0.39 is 11.9 Å². The number of likely N-dealkylation sites (N-methyl/N-ethyl adjacent to an activating group) is 1. The van der Waals surface area contributed by atoms with Crippen LogP contribution in [0.4, 0.5) is 0 Å². The number of carboxylic acids is 1. The van der Waals surface area contributed by atoms with E-state index in [1.807, 2.05) is 0 Å². The van der Waals surface area contributed by atoms with Gasteiger partial charge in [-0.1, -0.05) is 36.4 Å². The minimum absolute atomic E-state index is 0. The summed E-state index contributed by atoms with van der Waals surface area (Å²) in [7, 11) is 1.65. The topological polar surface area (TPSA) is 75.6 Å². The molecule has 2 rings (SSSR count). The minimum atomic E-state index is -1.03. The Hall–Kier alpha value is -2.37. The fraction of sp³-hybridized carbons (Fsp3) is 0.125. The molecule has 0 heterocycles. The normalized spacial score (nSPS) is 9.68. The smallest absolute Gasteiger partial charge is 0.336 e. The number of para-hydroxylation sites is 1. The van der Waals surface area contributed by atoms with Crippen LogP contribution < -0.4 is 10.1 Å². The van der Waals surface area contributed by atoms with Crippen molar-refractivity contribution < 1.29 is 19.4 Å². The molecule has 0 aliphatic carbocycles. The molecule has 0 unspecified atom stereocenters. The lowest BCUT2D eigenvalue weighted by Gasteiger charge is -2.12. The minimum Gasteiger partial charge on any atom is -0.478 e. The Bertz CT molecular complexity index is 673. The summed E-state index contributed by atoms with van der Waals surface area (Å²) in [5, 5.41) is 12.0. The highest BCUT2D eigenvalue weighted by molar-refractivity contribution is 5.97. The molecule has 0 aliphatic rings. The maximum absolute atomic E-state index is 11.6. The molecule has 0 fully saturated rings. The number of aromatic carboxylic acids is 1. The Kier molecular flexibility index (Phi) is 6.56. The van der Waals surface area contributed by atoms with E-state index >= 15 is 0 Å². The van der Waals surface area contributed by atoms with Crippen LogP contribution in [0.3, 0.4) is 0 Å². The fourth-order valence-corrected chi connectivity index (χ4v) is 1.99. The molecule has 0 saturated carbocycles. The van der Waals surface area contributed by atoms with E-state index in [1.165, 1.54) is 6.07 Å². The third-order valence-corrected chi connectivity index (χ3v) is 2.88. The first-order chi connectivity index (χ1) is 10.1. The number of carboxylic acid groups (broad SMARTS) is 1. The zero-order chi connectivity index (χ0) is 15.2. The van der Waals surface area contributed by atoms with Gasteiger partial charge in [0.05, 0.1) is 12.1 Å². The van der Waals surface area contributed by atoms with Gasteiger partial charge in [-0.05, 0) is 24.7 Å². The van der Waals surface area contributed by atoms with Crippen molar-refractivity contribution in [2.45, 2.75) is 0 Å². The van der Waals surface area contributed by atoms with Crippen molar-refractivity contribution in [2.24, 2.45) is 0 Å².